The highest BCUT2D eigenvalue weighted by atomic mass is 14.9. The van der Waals surface area contributed by atoms with Gasteiger partial charge in [0.2, 0.25) is 0 Å². The molecule has 1 heterocycles. The molecule has 3 aliphatic rings. The lowest BCUT2D eigenvalue weighted by atomic mass is 9.77. The van der Waals surface area contributed by atoms with Gasteiger partial charge >= 0.3 is 0 Å². The molecule has 2 atom stereocenters. The first-order valence-electron chi connectivity index (χ1n) is 5.52. The van der Waals surface area contributed by atoms with E-state index in [-0.39, 0.29) is 0 Å². The van der Waals surface area contributed by atoms with Gasteiger partial charge in [0.1, 0.15) is 0 Å². The lowest BCUT2D eigenvalue weighted by molar-refractivity contribution is -0.0130. The molecule has 0 bridgehead atoms. The van der Waals surface area contributed by atoms with Crippen molar-refractivity contribution < 1.29 is 4.79 Å². The zero-order valence-electron chi connectivity index (χ0n) is 8.56. The third-order valence-electron chi connectivity index (χ3n) is 3.63. The molecular formula is C12H13N3. The van der Waals surface area contributed by atoms with Crippen molar-refractivity contribution >= 4 is 11.4 Å². The number of nitrogens with zero attached hydrogens (tertiary/aromatic N) is 3. The predicted molar refractivity (Wildman–Crippen MR) is 58.7 cm³/mol. The van der Waals surface area contributed by atoms with E-state index in [4.69, 9.17) is 10.5 Å². The summed E-state index contributed by atoms with van der Waals surface area (Å²) in [5, 5.41) is 0. The predicted octanol–water partition coefficient (Wildman–Crippen LogP) is 2.37. The number of rotatable bonds is 0. The van der Waals surface area contributed by atoms with Gasteiger partial charge in [0.25, 0.3) is 5.71 Å². The van der Waals surface area contributed by atoms with Crippen LogP contribution in [0.2, 0.25) is 0 Å². The minimum absolute atomic E-state index is 0.501. The Morgan fingerprint density at radius 1 is 1.33 bits per heavy atom. The van der Waals surface area contributed by atoms with Gasteiger partial charge in [-0.1, -0.05) is 12.2 Å². The van der Waals surface area contributed by atoms with E-state index < -0.39 is 0 Å². The maximum absolute atomic E-state index is 8.83. The van der Waals surface area contributed by atoms with Gasteiger partial charge in [-0.15, -0.1) is 0 Å². The van der Waals surface area contributed by atoms with Gasteiger partial charge in [0, 0.05) is 23.2 Å². The summed E-state index contributed by atoms with van der Waals surface area (Å²) in [6.45, 7) is 0. The number of aliphatic imine (C=N–C) groups is 1. The molecule has 1 saturated carbocycles. The van der Waals surface area contributed by atoms with Crippen LogP contribution in [0.25, 0.3) is 5.53 Å². The molecule has 0 aromatic carbocycles. The van der Waals surface area contributed by atoms with Gasteiger partial charge in [-0.2, -0.15) is 4.79 Å². The van der Waals surface area contributed by atoms with Crippen LogP contribution in [0.3, 0.4) is 0 Å². The smallest absolute Gasteiger partial charge is 0.269 e. The third kappa shape index (κ3) is 1.31. The monoisotopic (exact) mass is 199 g/mol. The lowest BCUT2D eigenvalue weighted by Crippen LogP contribution is -2.27. The van der Waals surface area contributed by atoms with E-state index in [1.807, 2.05) is 0 Å². The maximum atomic E-state index is 8.83. The van der Waals surface area contributed by atoms with Gasteiger partial charge in [0.15, 0.2) is 0 Å². The standard InChI is InChI=1S/C12H13N3/c13-15-8-5-6-12-10(7-8)9-3-1-2-4-11(9)14-12/h1-2,4,9-10H,3,5-7H2. The van der Waals surface area contributed by atoms with Gasteiger partial charge in [-0.25, -0.2) is 0 Å². The van der Waals surface area contributed by atoms with Gasteiger partial charge in [-0.3, -0.25) is 4.99 Å². The third-order valence-corrected chi connectivity index (χ3v) is 3.63. The molecule has 76 valence electrons. The number of hydrogen-bond acceptors (Lipinski definition) is 1. The van der Waals surface area contributed by atoms with Crippen molar-refractivity contribution in [3.05, 3.63) is 29.5 Å². The molecule has 0 saturated heterocycles. The topological polar surface area (TPSA) is 48.8 Å². The van der Waals surface area contributed by atoms with Gasteiger partial charge < -0.3 is 5.53 Å². The van der Waals surface area contributed by atoms with E-state index in [2.05, 4.69) is 23.0 Å². The van der Waals surface area contributed by atoms with Gasteiger partial charge in [0.05, 0.1) is 12.8 Å². The van der Waals surface area contributed by atoms with E-state index in [9.17, 15) is 0 Å². The second-order valence-electron chi connectivity index (χ2n) is 4.44. The summed E-state index contributed by atoms with van der Waals surface area (Å²) >= 11 is 0. The van der Waals surface area contributed by atoms with Crippen molar-refractivity contribution in [1.29, 1.82) is 0 Å². The number of fused-ring (bicyclic) bond motifs is 3. The molecule has 0 N–H and O–H groups in total. The summed E-state index contributed by atoms with van der Waals surface area (Å²) < 4.78 is 0. The van der Waals surface area contributed by atoms with Crippen LogP contribution in [-0.4, -0.2) is 16.2 Å². The largest absolute Gasteiger partial charge is 0.362 e. The molecule has 0 radical (unpaired) electrons. The van der Waals surface area contributed by atoms with Crippen molar-refractivity contribution in [3.63, 3.8) is 0 Å². The first-order chi connectivity index (χ1) is 7.38. The van der Waals surface area contributed by atoms with Crippen molar-refractivity contribution in [2.45, 2.75) is 25.7 Å². The van der Waals surface area contributed by atoms with Crippen LogP contribution >= 0.6 is 0 Å². The first kappa shape index (κ1) is 8.81. The molecule has 2 unspecified atom stereocenters. The van der Waals surface area contributed by atoms with Crippen LogP contribution in [-0.2, 0) is 0 Å². The SMILES string of the molecule is [N-]=[N+]=C1CCC2=NC3=CC=CCC3C2C1. The number of hydrogen-bond donors (Lipinski definition) is 0. The van der Waals surface area contributed by atoms with E-state index in [0.717, 1.165) is 31.4 Å². The zero-order valence-corrected chi connectivity index (χ0v) is 8.56. The van der Waals surface area contributed by atoms with Crippen molar-refractivity contribution in [3.8, 4) is 0 Å². The minimum atomic E-state index is 0.501. The molecular weight excluding hydrogens is 186 g/mol. The zero-order chi connectivity index (χ0) is 10.3. The summed E-state index contributed by atoms with van der Waals surface area (Å²) in [6.07, 6.45) is 10.2. The Balaban J connectivity index is 1.94. The van der Waals surface area contributed by atoms with Crippen LogP contribution < -0.4 is 0 Å². The molecule has 1 fully saturated rings. The maximum Gasteiger partial charge on any atom is 0.269 e. The molecule has 0 spiro atoms. The Morgan fingerprint density at radius 2 is 2.27 bits per heavy atom. The average molecular weight is 199 g/mol. The molecule has 0 aromatic heterocycles. The highest BCUT2D eigenvalue weighted by Crippen LogP contribution is 2.41. The number of allylic oxidation sites excluding steroid dienone is 4. The fraction of sp³-hybridized carbons (Fsp3) is 0.500. The summed E-state index contributed by atoms with van der Waals surface area (Å²) in [5.41, 5.74) is 12.3. The molecule has 3 heteroatoms. The summed E-state index contributed by atoms with van der Waals surface area (Å²) in [4.78, 5) is 8.06. The molecule has 1 aliphatic heterocycles. The van der Waals surface area contributed by atoms with Crippen LogP contribution in [0.5, 0.6) is 0 Å². The van der Waals surface area contributed by atoms with E-state index in [1.54, 1.807) is 0 Å². The normalized spacial score (nSPS) is 32.7. The van der Waals surface area contributed by atoms with Gasteiger partial charge in [-0.05, 0) is 18.9 Å². The van der Waals surface area contributed by atoms with Crippen LogP contribution in [0.15, 0.2) is 28.9 Å². The Labute approximate surface area is 88.8 Å². The first-order valence-corrected chi connectivity index (χ1v) is 5.52. The van der Waals surface area contributed by atoms with Crippen molar-refractivity contribution in [1.82, 2.24) is 0 Å². The summed E-state index contributed by atoms with van der Waals surface area (Å²) in [5.74, 6) is 1.04. The van der Waals surface area contributed by atoms with Crippen LogP contribution in [0.1, 0.15) is 25.7 Å². The minimum Gasteiger partial charge on any atom is -0.362 e. The van der Waals surface area contributed by atoms with E-state index in [1.165, 1.54) is 11.4 Å². The highest BCUT2D eigenvalue weighted by Gasteiger charge is 2.40. The van der Waals surface area contributed by atoms with E-state index in [0.29, 0.717) is 11.8 Å². The quantitative estimate of drug-likeness (QED) is 0.425. The molecule has 0 aromatic rings. The van der Waals surface area contributed by atoms with Crippen LogP contribution in [0, 0.1) is 11.8 Å². The second-order valence-corrected chi connectivity index (χ2v) is 4.44. The summed E-state index contributed by atoms with van der Waals surface area (Å²) in [7, 11) is 0. The molecule has 15 heavy (non-hydrogen) atoms. The molecule has 3 nitrogen and oxygen atoms in total. The van der Waals surface area contributed by atoms with E-state index >= 15 is 0 Å². The fourth-order valence-corrected chi connectivity index (χ4v) is 2.83. The second kappa shape index (κ2) is 3.28. The Hall–Kier alpha value is -1.47. The Kier molecular flexibility index (Phi) is 1.93. The fourth-order valence-electron chi connectivity index (χ4n) is 2.83. The molecule has 0 amide bonds. The molecule has 3 rings (SSSR count). The molecule has 2 aliphatic carbocycles. The Bertz CT molecular complexity index is 436. The van der Waals surface area contributed by atoms with Crippen molar-refractivity contribution in [2.75, 3.05) is 0 Å². The Morgan fingerprint density at radius 3 is 3.13 bits per heavy atom. The lowest BCUT2D eigenvalue weighted by Gasteiger charge is -2.22. The van der Waals surface area contributed by atoms with Crippen molar-refractivity contribution in [2.24, 2.45) is 16.8 Å². The van der Waals surface area contributed by atoms with Crippen LogP contribution in [0.4, 0.5) is 0 Å². The highest BCUT2D eigenvalue weighted by molar-refractivity contribution is 6.00. The summed E-state index contributed by atoms with van der Waals surface area (Å²) in [6, 6.07) is 0. The average Bonchev–Trinajstić information content (AvgIpc) is 2.66.